The van der Waals surface area contributed by atoms with Gasteiger partial charge in [-0.1, -0.05) is 71.2 Å². The summed E-state index contributed by atoms with van der Waals surface area (Å²) in [6, 6.07) is 0. The molecule has 0 atom stereocenters. The van der Waals surface area contributed by atoms with Crippen LogP contribution in [0.25, 0.3) is 0 Å². The lowest BCUT2D eigenvalue weighted by molar-refractivity contribution is -0.167. The van der Waals surface area contributed by atoms with Crippen molar-refractivity contribution < 1.29 is 19.5 Å². The van der Waals surface area contributed by atoms with Crippen molar-refractivity contribution in [1.29, 1.82) is 0 Å². The molecule has 0 aliphatic rings. The van der Waals surface area contributed by atoms with E-state index in [0.29, 0.717) is 12.0 Å². The standard InChI is InChI=1S/C19H37NO4Si/c1-17(2)19(23)24-20(25(3,4)5)16-14-12-10-8-6-7-9-11-13-15-18(21)22/h1,6-16H2,2-5H3,(H,21,22). The van der Waals surface area contributed by atoms with Crippen molar-refractivity contribution in [2.75, 3.05) is 6.54 Å². The van der Waals surface area contributed by atoms with Crippen LogP contribution in [0.2, 0.25) is 19.6 Å². The van der Waals surface area contributed by atoms with Gasteiger partial charge >= 0.3 is 11.9 Å². The lowest BCUT2D eigenvalue weighted by Crippen LogP contribution is -2.47. The first-order chi connectivity index (χ1) is 11.6. The van der Waals surface area contributed by atoms with Gasteiger partial charge in [0.1, 0.15) is 0 Å². The third kappa shape index (κ3) is 13.8. The summed E-state index contributed by atoms with van der Waals surface area (Å²) in [4.78, 5) is 27.6. The zero-order valence-corrected chi connectivity index (χ0v) is 17.6. The topological polar surface area (TPSA) is 66.8 Å². The molecule has 0 aliphatic carbocycles. The fourth-order valence-corrected chi connectivity index (χ4v) is 3.65. The highest BCUT2D eigenvalue weighted by atomic mass is 28.3. The molecule has 0 saturated carbocycles. The molecule has 0 amide bonds. The minimum absolute atomic E-state index is 0.295. The van der Waals surface area contributed by atoms with E-state index in [4.69, 9.17) is 9.94 Å². The third-order valence-electron chi connectivity index (χ3n) is 4.04. The van der Waals surface area contributed by atoms with Gasteiger partial charge in [0.25, 0.3) is 0 Å². The van der Waals surface area contributed by atoms with Crippen LogP contribution in [0, 0.1) is 0 Å². The molecule has 0 rings (SSSR count). The summed E-state index contributed by atoms with van der Waals surface area (Å²) in [6.45, 7) is 12.6. The highest BCUT2D eigenvalue weighted by Crippen LogP contribution is 2.15. The Bertz CT molecular complexity index is 418. The van der Waals surface area contributed by atoms with Gasteiger partial charge in [-0.25, -0.2) is 4.79 Å². The van der Waals surface area contributed by atoms with Crippen LogP contribution in [0.4, 0.5) is 0 Å². The number of hydroxylamine groups is 1. The second kappa shape index (κ2) is 13.1. The summed E-state index contributed by atoms with van der Waals surface area (Å²) in [6.07, 6.45) is 10.2. The number of carboxylic acids is 1. The van der Waals surface area contributed by atoms with E-state index in [1.165, 1.54) is 25.7 Å². The summed E-state index contributed by atoms with van der Waals surface area (Å²) in [5, 5.41) is 8.57. The Morgan fingerprint density at radius 2 is 1.36 bits per heavy atom. The predicted molar refractivity (Wildman–Crippen MR) is 105 cm³/mol. The minimum atomic E-state index is -1.69. The lowest BCUT2D eigenvalue weighted by Gasteiger charge is -2.32. The molecule has 0 aliphatic heterocycles. The zero-order valence-electron chi connectivity index (χ0n) is 16.6. The number of unbranched alkanes of at least 4 members (excludes halogenated alkanes) is 8. The van der Waals surface area contributed by atoms with Crippen molar-refractivity contribution >= 4 is 20.2 Å². The van der Waals surface area contributed by atoms with Gasteiger partial charge in [0.2, 0.25) is 0 Å². The molecule has 0 saturated heterocycles. The monoisotopic (exact) mass is 371 g/mol. The molecule has 146 valence electrons. The van der Waals surface area contributed by atoms with Gasteiger partial charge in [0.15, 0.2) is 8.24 Å². The van der Waals surface area contributed by atoms with E-state index in [-0.39, 0.29) is 5.97 Å². The van der Waals surface area contributed by atoms with Crippen molar-refractivity contribution in [2.45, 2.75) is 90.8 Å². The maximum Gasteiger partial charge on any atom is 0.351 e. The van der Waals surface area contributed by atoms with Crippen LogP contribution < -0.4 is 0 Å². The van der Waals surface area contributed by atoms with E-state index in [1.54, 1.807) is 6.92 Å². The maximum atomic E-state index is 11.7. The molecule has 0 bridgehead atoms. The highest BCUT2D eigenvalue weighted by molar-refractivity contribution is 6.73. The molecule has 0 aromatic rings. The number of hydrogen-bond acceptors (Lipinski definition) is 4. The number of carbonyl (C=O) groups excluding carboxylic acids is 1. The summed E-state index contributed by atoms with van der Waals surface area (Å²) < 4.78 is 1.90. The van der Waals surface area contributed by atoms with E-state index in [2.05, 4.69) is 26.2 Å². The molecule has 0 radical (unpaired) electrons. The van der Waals surface area contributed by atoms with Crippen molar-refractivity contribution in [2.24, 2.45) is 0 Å². The first-order valence-electron chi connectivity index (χ1n) is 9.52. The van der Waals surface area contributed by atoms with E-state index in [9.17, 15) is 9.59 Å². The SMILES string of the molecule is C=C(C)C(=O)ON(CCCCCCCCCCCC(=O)O)[Si](C)(C)C. The van der Waals surface area contributed by atoms with Crippen LogP contribution in [-0.2, 0) is 14.4 Å². The molecule has 0 aromatic heterocycles. The number of nitrogens with zero attached hydrogens (tertiary/aromatic N) is 1. The quantitative estimate of drug-likeness (QED) is 0.187. The van der Waals surface area contributed by atoms with Crippen molar-refractivity contribution in [3.8, 4) is 0 Å². The van der Waals surface area contributed by atoms with Gasteiger partial charge in [-0.05, 0) is 19.8 Å². The van der Waals surface area contributed by atoms with Gasteiger partial charge in [-0.2, -0.15) is 4.73 Å². The number of carbonyl (C=O) groups is 2. The molecule has 0 aromatic carbocycles. The Hall–Kier alpha value is -1.14. The first kappa shape index (κ1) is 23.9. The molecule has 6 heteroatoms. The first-order valence-corrected chi connectivity index (χ1v) is 13.0. The normalized spacial score (nSPS) is 11.6. The van der Waals surface area contributed by atoms with Crippen molar-refractivity contribution in [1.82, 2.24) is 4.73 Å². The minimum Gasteiger partial charge on any atom is -0.481 e. The Kier molecular flexibility index (Phi) is 12.5. The number of carboxylic acid groups (broad SMARTS) is 1. The fourth-order valence-electron chi connectivity index (χ4n) is 2.47. The second-order valence-electron chi connectivity index (χ2n) is 7.76. The number of hydrogen-bond donors (Lipinski definition) is 1. The molecule has 0 heterocycles. The molecule has 0 spiro atoms. The van der Waals surface area contributed by atoms with E-state index >= 15 is 0 Å². The van der Waals surface area contributed by atoms with Crippen LogP contribution in [0.5, 0.6) is 0 Å². The largest absolute Gasteiger partial charge is 0.481 e. The number of rotatable bonds is 15. The van der Waals surface area contributed by atoms with Gasteiger partial charge in [0, 0.05) is 18.5 Å². The van der Waals surface area contributed by atoms with Crippen LogP contribution >= 0.6 is 0 Å². The molecule has 0 fully saturated rings. The fraction of sp³-hybridized carbons (Fsp3) is 0.789. The average molecular weight is 372 g/mol. The van der Waals surface area contributed by atoms with Gasteiger partial charge in [-0.3, -0.25) is 4.79 Å². The molecule has 1 N–H and O–H groups in total. The highest BCUT2D eigenvalue weighted by Gasteiger charge is 2.27. The van der Waals surface area contributed by atoms with Gasteiger partial charge in [0.05, 0.1) is 0 Å². The Labute approximate surface area is 154 Å². The summed E-state index contributed by atoms with van der Waals surface area (Å²) >= 11 is 0. The summed E-state index contributed by atoms with van der Waals surface area (Å²) in [5.41, 5.74) is 0.437. The van der Waals surface area contributed by atoms with Crippen LogP contribution in [0.1, 0.15) is 71.1 Å². The molecular weight excluding hydrogens is 334 g/mol. The molecule has 0 unspecified atom stereocenters. The van der Waals surface area contributed by atoms with Gasteiger partial charge < -0.3 is 9.94 Å². The lowest BCUT2D eigenvalue weighted by atomic mass is 10.1. The molecular formula is C19H37NO4Si. The number of aliphatic carboxylic acids is 1. The maximum absolute atomic E-state index is 11.7. The van der Waals surface area contributed by atoms with Crippen LogP contribution in [0.3, 0.4) is 0 Å². The predicted octanol–water partition coefficient (Wildman–Crippen LogP) is 5.14. The second-order valence-corrected chi connectivity index (χ2v) is 12.6. The average Bonchev–Trinajstić information content (AvgIpc) is 2.49. The summed E-state index contributed by atoms with van der Waals surface area (Å²) in [5.74, 6) is -1.02. The Morgan fingerprint density at radius 3 is 1.76 bits per heavy atom. The third-order valence-corrected chi connectivity index (χ3v) is 5.85. The summed E-state index contributed by atoms with van der Waals surface area (Å²) in [7, 11) is -1.69. The van der Waals surface area contributed by atoms with E-state index in [1.807, 2.05) is 4.73 Å². The Morgan fingerprint density at radius 1 is 0.920 bits per heavy atom. The van der Waals surface area contributed by atoms with Crippen molar-refractivity contribution in [3.63, 3.8) is 0 Å². The van der Waals surface area contributed by atoms with Crippen LogP contribution in [-0.4, -0.2) is 36.6 Å². The molecule has 5 nitrogen and oxygen atoms in total. The van der Waals surface area contributed by atoms with Gasteiger partial charge in [-0.15, -0.1) is 0 Å². The molecule has 25 heavy (non-hydrogen) atoms. The van der Waals surface area contributed by atoms with Crippen LogP contribution in [0.15, 0.2) is 12.2 Å². The Balaban J connectivity index is 3.74. The van der Waals surface area contributed by atoms with Crippen molar-refractivity contribution in [3.05, 3.63) is 12.2 Å². The zero-order chi connectivity index (χ0) is 19.3. The smallest absolute Gasteiger partial charge is 0.351 e. The van der Waals surface area contributed by atoms with E-state index in [0.717, 1.165) is 38.6 Å². The van der Waals surface area contributed by atoms with E-state index < -0.39 is 14.2 Å².